The number of aromatic nitrogens is 4. The van der Waals surface area contributed by atoms with Crippen LogP contribution >= 0.6 is 11.6 Å². The first-order valence-electron chi connectivity index (χ1n) is 6.61. The number of nitrogens with zero attached hydrogens (tertiary/aromatic N) is 5. The van der Waals surface area contributed by atoms with Crippen LogP contribution in [0.25, 0.3) is 0 Å². The number of hydrogen-bond donors (Lipinski definition) is 2. The van der Waals surface area contributed by atoms with Gasteiger partial charge in [0.25, 0.3) is 0 Å². The van der Waals surface area contributed by atoms with Crippen LogP contribution in [0, 0.1) is 17.0 Å². The average molecular weight is 348 g/mol. The molecule has 3 aromatic heterocycles. The minimum absolute atomic E-state index is 0.0208. The van der Waals surface area contributed by atoms with Crippen LogP contribution < -0.4 is 10.6 Å². The van der Waals surface area contributed by atoms with Crippen LogP contribution in [-0.4, -0.2) is 25.0 Å². The lowest BCUT2D eigenvalue weighted by Crippen LogP contribution is -2.06. The molecule has 0 amide bonds. The van der Waals surface area contributed by atoms with Crippen molar-refractivity contribution >= 4 is 40.6 Å². The number of rotatable bonds is 5. The highest BCUT2D eigenvalue weighted by atomic mass is 35.5. The Morgan fingerprint density at radius 2 is 1.88 bits per heavy atom. The number of halogens is 1. The van der Waals surface area contributed by atoms with Gasteiger partial charge in [0.05, 0.1) is 9.95 Å². The van der Waals surface area contributed by atoms with Crippen LogP contribution in [0.3, 0.4) is 0 Å². The molecule has 24 heavy (non-hydrogen) atoms. The predicted molar refractivity (Wildman–Crippen MR) is 85.7 cm³/mol. The van der Waals surface area contributed by atoms with Crippen molar-refractivity contribution in [2.24, 2.45) is 0 Å². The van der Waals surface area contributed by atoms with E-state index in [0.717, 1.165) is 0 Å². The third kappa shape index (κ3) is 3.38. The average Bonchev–Trinajstić information content (AvgIpc) is 2.94. The molecular weight excluding hydrogens is 338 g/mol. The maximum absolute atomic E-state index is 11.4. The Hall–Kier alpha value is -3.27. The SMILES string of the molecule is Cc1cc(Nc2ncnc(Nc3ccc(Cl)cn3)c2[N+](=O)[O-])no1. The fourth-order valence-electron chi connectivity index (χ4n) is 1.85. The molecule has 0 fully saturated rings. The Morgan fingerprint density at radius 1 is 1.17 bits per heavy atom. The normalized spacial score (nSPS) is 10.4. The van der Waals surface area contributed by atoms with E-state index in [1.165, 1.54) is 12.5 Å². The molecule has 0 atom stereocenters. The number of anilines is 4. The molecule has 0 bridgehead atoms. The van der Waals surface area contributed by atoms with Crippen molar-refractivity contribution in [3.8, 4) is 0 Å². The van der Waals surface area contributed by atoms with Crippen LogP contribution in [-0.2, 0) is 0 Å². The van der Waals surface area contributed by atoms with Gasteiger partial charge in [0.15, 0.2) is 5.82 Å². The van der Waals surface area contributed by atoms with Gasteiger partial charge in [-0.05, 0) is 19.1 Å². The molecule has 0 aliphatic rings. The van der Waals surface area contributed by atoms with Gasteiger partial charge in [-0.15, -0.1) is 0 Å². The van der Waals surface area contributed by atoms with Crippen molar-refractivity contribution in [1.82, 2.24) is 20.1 Å². The smallest absolute Gasteiger partial charge is 0.354 e. The number of hydrogen-bond acceptors (Lipinski definition) is 9. The standard InChI is InChI=1S/C13H10ClN7O3/c1-7-4-10(20-24-7)19-13-11(21(22)23)12(16-6-17-13)18-9-3-2-8(14)5-15-9/h2-6H,1H3,(H2,15,16,17,18,19,20). The van der Waals surface area contributed by atoms with Gasteiger partial charge in [-0.2, -0.15) is 0 Å². The van der Waals surface area contributed by atoms with Crippen molar-refractivity contribution < 1.29 is 9.45 Å². The quantitative estimate of drug-likeness (QED) is 0.527. The van der Waals surface area contributed by atoms with Crippen LogP contribution in [0.5, 0.6) is 0 Å². The van der Waals surface area contributed by atoms with E-state index in [9.17, 15) is 10.1 Å². The summed E-state index contributed by atoms with van der Waals surface area (Å²) in [4.78, 5) is 22.7. The molecule has 0 aliphatic heterocycles. The first-order chi connectivity index (χ1) is 11.5. The lowest BCUT2D eigenvalue weighted by Gasteiger charge is -2.08. The molecule has 0 saturated heterocycles. The van der Waals surface area contributed by atoms with E-state index < -0.39 is 4.92 Å². The van der Waals surface area contributed by atoms with E-state index in [0.29, 0.717) is 22.4 Å². The molecule has 0 saturated carbocycles. The molecule has 10 nitrogen and oxygen atoms in total. The molecule has 3 heterocycles. The Bertz CT molecular complexity index is 882. The third-order valence-corrected chi connectivity index (χ3v) is 3.08. The zero-order chi connectivity index (χ0) is 17.1. The highest BCUT2D eigenvalue weighted by Crippen LogP contribution is 2.32. The molecule has 0 aromatic carbocycles. The number of nitro groups is 1. The minimum atomic E-state index is -0.604. The van der Waals surface area contributed by atoms with E-state index in [1.807, 2.05) is 0 Å². The first kappa shape index (κ1) is 15.6. The van der Waals surface area contributed by atoms with Gasteiger partial charge in [-0.3, -0.25) is 10.1 Å². The van der Waals surface area contributed by atoms with Crippen molar-refractivity contribution in [1.29, 1.82) is 0 Å². The van der Waals surface area contributed by atoms with Gasteiger partial charge in [-0.1, -0.05) is 16.8 Å². The summed E-state index contributed by atoms with van der Waals surface area (Å²) in [6, 6.07) is 4.75. The highest BCUT2D eigenvalue weighted by Gasteiger charge is 2.24. The predicted octanol–water partition coefficient (Wildman–Crippen LogP) is 3.22. The van der Waals surface area contributed by atoms with E-state index >= 15 is 0 Å². The lowest BCUT2D eigenvalue weighted by atomic mass is 10.4. The molecule has 11 heteroatoms. The van der Waals surface area contributed by atoms with Crippen LogP contribution in [0.15, 0.2) is 35.2 Å². The van der Waals surface area contributed by atoms with Crippen LogP contribution in [0.4, 0.5) is 29.0 Å². The zero-order valence-corrected chi connectivity index (χ0v) is 13.0. The van der Waals surface area contributed by atoms with Crippen LogP contribution in [0.2, 0.25) is 5.02 Å². The summed E-state index contributed by atoms with van der Waals surface area (Å²) < 4.78 is 4.91. The highest BCUT2D eigenvalue weighted by molar-refractivity contribution is 6.30. The topological polar surface area (TPSA) is 132 Å². The Balaban J connectivity index is 1.95. The van der Waals surface area contributed by atoms with E-state index in [2.05, 4.69) is 30.7 Å². The number of nitrogens with one attached hydrogen (secondary N) is 2. The summed E-state index contributed by atoms with van der Waals surface area (Å²) in [6.07, 6.45) is 2.59. The molecule has 0 aliphatic carbocycles. The Labute approximate surface area is 140 Å². The van der Waals surface area contributed by atoms with Gasteiger partial charge < -0.3 is 15.2 Å². The largest absolute Gasteiger partial charge is 0.360 e. The van der Waals surface area contributed by atoms with Gasteiger partial charge in [0, 0.05) is 12.3 Å². The molecule has 2 N–H and O–H groups in total. The van der Waals surface area contributed by atoms with Crippen molar-refractivity contribution in [2.75, 3.05) is 10.6 Å². The Morgan fingerprint density at radius 3 is 2.42 bits per heavy atom. The van der Waals surface area contributed by atoms with Crippen molar-refractivity contribution in [3.05, 3.63) is 51.6 Å². The minimum Gasteiger partial charge on any atom is -0.360 e. The molecule has 3 rings (SSSR count). The molecule has 0 spiro atoms. The molecule has 3 aromatic rings. The molecule has 0 radical (unpaired) electrons. The second-order valence-corrected chi connectivity index (χ2v) is 5.05. The van der Waals surface area contributed by atoms with Gasteiger partial charge in [0.2, 0.25) is 11.6 Å². The maximum Gasteiger partial charge on any atom is 0.354 e. The lowest BCUT2D eigenvalue weighted by molar-refractivity contribution is -0.383. The van der Waals surface area contributed by atoms with Gasteiger partial charge in [-0.25, -0.2) is 15.0 Å². The molecule has 0 unspecified atom stereocenters. The van der Waals surface area contributed by atoms with E-state index in [-0.39, 0.29) is 17.3 Å². The van der Waals surface area contributed by atoms with Crippen molar-refractivity contribution in [2.45, 2.75) is 6.92 Å². The monoisotopic (exact) mass is 347 g/mol. The summed E-state index contributed by atoms with van der Waals surface area (Å²) in [5.41, 5.74) is -0.352. The fourth-order valence-corrected chi connectivity index (χ4v) is 1.96. The number of pyridine rings is 1. The summed E-state index contributed by atoms with van der Waals surface area (Å²) in [5, 5.41) is 21.1. The zero-order valence-electron chi connectivity index (χ0n) is 12.2. The number of aryl methyl sites for hydroxylation is 1. The fraction of sp³-hybridized carbons (Fsp3) is 0.0769. The second kappa shape index (κ2) is 6.46. The van der Waals surface area contributed by atoms with E-state index in [4.69, 9.17) is 16.1 Å². The summed E-state index contributed by atoms with van der Waals surface area (Å²) in [5.74, 6) is 1.15. The molecule has 122 valence electrons. The van der Waals surface area contributed by atoms with Crippen LogP contribution in [0.1, 0.15) is 5.76 Å². The van der Waals surface area contributed by atoms with Gasteiger partial charge in [0.1, 0.15) is 17.9 Å². The first-order valence-corrected chi connectivity index (χ1v) is 6.99. The summed E-state index contributed by atoms with van der Waals surface area (Å²) in [7, 11) is 0. The maximum atomic E-state index is 11.4. The van der Waals surface area contributed by atoms with E-state index in [1.54, 1.807) is 25.1 Å². The third-order valence-electron chi connectivity index (χ3n) is 2.85. The van der Waals surface area contributed by atoms with Crippen molar-refractivity contribution in [3.63, 3.8) is 0 Å². The molecular formula is C13H10ClN7O3. The summed E-state index contributed by atoms with van der Waals surface area (Å²) in [6.45, 7) is 1.70. The summed E-state index contributed by atoms with van der Waals surface area (Å²) >= 11 is 5.76. The Kier molecular flexibility index (Phi) is 4.20. The van der Waals surface area contributed by atoms with Gasteiger partial charge >= 0.3 is 5.69 Å². The second-order valence-electron chi connectivity index (χ2n) is 4.61.